The molecule has 0 atom stereocenters. The third-order valence-corrected chi connectivity index (χ3v) is 5.03. The minimum atomic E-state index is -3.47. The SMILES string of the molecule is CCN(CC#N)S(=O)(=O)CCCNC(=O)OCc1ccccc1. The zero-order valence-electron chi connectivity index (χ0n) is 13.1. The predicted molar refractivity (Wildman–Crippen MR) is 85.9 cm³/mol. The number of alkyl carbamates (subject to hydrolysis) is 1. The van der Waals surface area contributed by atoms with Crippen molar-refractivity contribution in [2.75, 3.05) is 25.4 Å². The molecule has 1 aromatic carbocycles. The van der Waals surface area contributed by atoms with Gasteiger partial charge in [0, 0.05) is 13.1 Å². The van der Waals surface area contributed by atoms with E-state index in [4.69, 9.17) is 10.00 Å². The molecule has 0 unspecified atom stereocenters. The standard InChI is InChI=1S/C15H21N3O4S/c1-2-18(11-9-16)23(20,21)12-6-10-17-15(19)22-13-14-7-4-3-5-8-14/h3-5,7-8H,2,6,10-13H2,1H3,(H,17,19). The van der Waals surface area contributed by atoms with Crippen molar-refractivity contribution in [3.05, 3.63) is 35.9 Å². The van der Waals surface area contributed by atoms with Gasteiger partial charge >= 0.3 is 6.09 Å². The highest BCUT2D eigenvalue weighted by Crippen LogP contribution is 2.03. The van der Waals surface area contributed by atoms with Crippen LogP contribution in [0.25, 0.3) is 0 Å². The van der Waals surface area contributed by atoms with Crippen molar-refractivity contribution in [2.24, 2.45) is 0 Å². The second-order valence-electron chi connectivity index (χ2n) is 4.74. The molecule has 0 bridgehead atoms. The lowest BCUT2D eigenvalue weighted by Gasteiger charge is -2.16. The summed E-state index contributed by atoms with van der Waals surface area (Å²) in [5.74, 6) is -0.124. The van der Waals surface area contributed by atoms with Crippen molar-refractivity contribution in [2.45, 2.75) is 20.0 Å². The smallest absolute Gasteiger partial charge is 0.407 e. The first-order chi connectivity index (χ1) is 11.0. The molecule has 0 saturated heterocycles. The molecule has 126 valence electrons. The van der Waals surface area contributed by atoms with E-state index in [1.807, 2.05) is 36.4 Å². The van der Waals surface area contributed by atoms with Crippen molar-refractivity contribution in [3.63, 3.8) is 0 Å². The molecular formula is C15H21N3O4S. The Morgan fingerprint density at radius 3 is 2.65 bits per heavy atom. The molecule has 0 aromatic heterocycles. The fourth-order valence-electron chi connectivity index (χ4n) is 1.83. The number of sulfonamides is 1. The summed E-state index contributed by atoms with van der Waals surface area (Å²) in [5, 5.41) is 11.1. The van der Waals surface area contributed by atoms with Gasteiger partial charge in [0.05, 0.1) is 11.8 Å². The van der Waals surface area contributed by atoms with E-state index in [2.05, 4.69) is 5.32 Å². The first-order valence-corrected chi connectivity index (χ1v) is 8.90. The monoisotopic (exact) mass is 339 g/mol. The molecule has 0 fully saturated rings. The van der Waals surface area contributed by atoms with Crippen molar-refractivity contribution in [1.29, 1.82) is 5.26 Å². The lowest BCUT2D eigenvalue weighted by molar-refractivity contribution is 0.139. The van der Waals surface area contributed by atoms with Crippen molar-refractivity contribution >= 4 is 16.1 Å². The molecule has 0 aliphatic carbocycles. The molecule has 1 N–H and O–H groups in total. The predicted octanol–water partition coefficient (Wildman–Crippen LogP) is 1.48. The number of carbonyl (C=O) groups excluding carboxylic acids is 1. The molecular weight excluding hydrogens is 318 g/mol. The minimum absolute atomic E-state index is 0.124. The van der Waals surface area contributed by atoms with Crippen LogP contribution in [0.2, 0.25) is 0 Å². The van der Waals surface area contributed by atoms with E-state index in [0.717, 1.165) is 9.87 Å². The second-order valence-corrected chi connectivity index (χ2v) is 6.83. The van der Waals surface area contributed by atoms with Crippen LogP contribution in [-0.2, 0) is 21.4 Å². The van der Waals surface area contributed by atoms with E-state index in [-0.39, 0.29) is 38.4 Å². The number of carbonyl (C=O) groups is 1. The van der Waals surface area contributed by atoms with Crippen LogP contribution in [0.15, 0.2) is 30.3 Å². The molecule has 0 heterocycles. The molecule has 0 radical (unpaired) electrons. The Hall–Kier alpha value is -2.11. The molecule has 7 nitrogen and oxygen atoms in total. The van der Waals surface area contributed by atoms with Crippen LogP contribution in [0.1, 0.15) is 18.9 Å². The Labute approximate surface area is 136 Å². The van der Waals surface area contributed by atoms with Crippen molar-refractivity contribution < 1.29 is 17.9 Å². The van der Waals surface area contributed by atoms with Crippen molar-refractivity contribution in [1.82, 2.24) is 9.62 Å². The Bertz CT molecular complexity index is 626. The van der Waals surface area contributed by atoms with Gasteiger partial charge in [-0.3, -0.25) is 0 Å². The van der Waals surface area contributed by atoms with E-state index in [1.165, 1.54) is 0 Å². The van der Waals surface area contributed by atoms with Gasteiger partial charge in [0.2, 0.25) is 10.0 Å². The maximum Gasteiger partial charge on any atom is 0.407 e. The summed E-state index contributed by atoms with van der Waals surface area (Å²) in [6, 6.07) is 11.1. The number of hydrogen-bond donors (Lipinski definition) is 1. The summed E-state index contributed by atoms with van der Waals surface area (Å²) in [6.45, 7) is 2.12. The molecule has 0 spiro atoms. The van der Waals surface area contributed by atoms with E-state index in [0.29, 0.717) is 0 Å². The highest BCUT2D eigenvalue weighted by atomic mass is 32.2. The van der Waals surface area contributed by atoms with Gasteiger partial charge in [-0.25, -0.2) is 13.2 Å². The number of rotatable bonds is 9. The Kier molecular flexibility index (Phi) is 8.08. The Morgan fingerprint density at radius 1 is 1.35 bits per heavy atom. The van der Waals surface area contributed by atoms with E-state index < -0.39 is 16.1 Å². The summed E-state index contributed by atoms with van der Waals surface area (Å²) in [4.78, 5) is 11.5. The van der Waals surface area contributed by atoms with E-state index in [9.17, 15) is 13.2 Å². The average Bonchev–Trinajstić information content (AvgIpc) is 2.55. The number of benzene rings is 1. The van der Waals surface area contributed by atoms with Crippen LogP contribution in [0.3, 0.4) is 0 Å². The number of nitriles is 1. The summed E-state index contributed by atoms with van der Waals surface area (Å²) < 4.78 is 30.0. The molecule has 1 amide bonds. The normalized spacial score (nSPS) is 11.0. The first kappa shape index (κ1) is 18.9. The Morgan fingerprint density at radius 2 is 2.04 bits per heavy atom. The highest BCUT2D eigenvalue weighted by Gasteiger charge is 2.19. The van der Waals surface area contributed by atoms with Crippen LogP contribution in [-0.4, -0.2) is 44.2 Å². The maximum absolute atomic E-state index is 11.9. The average molecular weight is 339 g/mol. The van der Waals surface area contributed by atoms with Crippen LogP contribution in [0.5, 0.6) is 0 Å². The minimum Gasteiger partial charge on any atom is -0.445 e. The van der Waals surface area contributed by atoms with E-state index >= 15 is 0 Å². The summed E-state index contributed by atoms with van der Waals surface area (Å²) in [5.41, 5.74) is 0.875. The van der Waals surface area contributed by atoms with Crippen LogP contribution in [0.4, 0.5) is 4.79 Å². The largest absolute Gasteiger partial charge is 0.445 e. The number of amides is 1. The molecule has 1 aromatic rings. The van der Waals surface area contributed by atoms with E-state index in [1.54, 1.807) is 6.92 Å². The van der Waals surface area contributed by atoms with Crippen LogP contribution in [0, 0.1) is 11.3 Å². The summed E-state index contributed by atoms with van der Waals surface area (Å²) in [7, 11) is -3.47. The number of nitrogens with one attached hydrogen (secondary N) is 1. The summed E-state index contributed by atoms with van der Waals surface area (Å²) in [6.07, 6.45) is -0.333. The highest BCUT2D eigenvalue weighted by molar-refractivity contribution is 7.89. The topological polar surface area (TPSA) is 99.5 Å². The van der Waals surface area contributed by atoms with Gasteiger partial charge in [-0.1, -0.05) is 37.3 Å². The van der Waals surface area contributed by atoms with Crippen molar-refractivity contribution in [3.8, 4) is 6.07 Å². The zero-order valence-corrected chi connectivity index (χ0v) is 13.9. The number of hydrogen-bond acceptors (Lipinski definition) is 5. The van der Waals surface area contributed by atoms with Gasteiger partial charge in [0.1, 0.15) is 13.2 Å². The Balaban J connectivity index is 2.26. The molecule has 0 saturated carbocycles. The quantitative estimate of drug-likeness (QED) is 0.542. The third-order valence-electron chi connectivity index (χ3n) is 3.05. The van der Waals surface area contributed by atoms with Crippen LogP contribution < -0.4 is 5.32 Å². The van der Waals surface area contributed by atoms with Gasteiger partial charge in [-0.05, 0) is 12.0 Å². The van der Waals surface area contributed by atoms with Gasteiger partial charge in [0.15, 0.2) is 0 Å². The molecule has 0 aliphatic rings. The summed E-state index contributed by atoms with van der Waals surface area (Å²) >= 11 is 0. The third kappa shape index (κ3) is 7.13. The van der Waals surface area contributed by atoms with Gasteiger partial charge in [0.25, 0.3) is 0 Å². The molecule has 0 aliphatic heterocycles. The van der Waals surface area contributed by atoms with Crippen LogP contribution >= 0.6 is 0 Å². The lowest BCUT2D eigenvalue weighted by atomic mass is 10.2. The fraction of sp³-hybridized carbons (Fsp3) is 0.467. The molecule has 8 heteroatoms. The number of nitrogens with zero attached hydrogens (tertiary/aromatic N) is 2. The number of ether oxygens (including phenoxy) is 1. The second kappa shape index (κ2) is 9.82. The fourth-order valence-corrected chi connectivity index (χ4v) is 3.25. The van der Waals surface area contributed by atoms with Gasteiger partial charge < -0.3 is 10.1 Å². The molecule has 23 heavy (non-hydrogen) atoms. The first-order valence-electron chi connectivity index (χ1n) is 7.29. The molecule has 1 rings (SSSR count). The maximum atomic E-state index is 11.9. The zero-order chi connectivity index (χ0) is 17.1. The van der Waals surface area contributed by atoms with Gasteiger partial charge in [-0.2, -0.15) is 9.57 Å². The van der Waals surface area contributed by atoms with Gasteiger partial charge in [-0.15, -0.1) is 0 Å². The lowest BCUT2D eigenvalue weighted by Crippen LogP contribution is -2.34.